The summed E-state index contributed by atoms with van der Waals surface area (Å²) in [5.41, 5.74) is 0.305. The molecule has 0 radical (unpaired) electrons. The molecule has 138 valence electrons. The lowest BCUT2D eigenvalue weighted by Gasteiger charge is -2.11. The minimum atomic E-state index is -4.38. The van der Waals surface area contributed by atoms with Gasteiger partial charge in [-0.05, 0) is 36.4 Å². The molecule has 2 N–H and O–H groups in total. The van der Waals surface area contributed by atoms with Crippen LogP contribution in [0.25, 0.3) is 0 Å². The van der Waals surface area contributed by atoms with Crippen LogP contribution in [0, 0.1) is 0 Å². The summed E-state index contributed by atoms with van der Waals surface area (Å²) in [6.07, 6.45) is -4.32. The van der Waals surface area contributed by atoms with Gasteiger partial charge in [-0.2, -0.15) is 13.2 Å². The molecule has 8 heteroatoms. The van der Waals surface area contributed by atoms with Crippen LogP contribution in [0.15, 0.2) is 48.5 Å². The van der Waals surface area contributed by atoms with Crippen molar-refractivity contribution in [2.75, 3.05) is 24.3 Å². The molecule has 0 spiro atoms. The van der Waals surface area contributed by atoms with Gasteiger partial charge in [-0.1, -0.05) is 12.1 Å². The second-order valence-electron chi connectivity index (χ2n) is 5.34. The first-order chi connectivity index (χ1) is 12.3. The van der Waals surface area contributed by atoms with Gasteiger partial charge in [0, 0.05) is 18.7 Å². The van der Waals surface area contributed by atoms with Crippen LogP contribution in [-0.4, -0.2) is 25.5 Å². The van der Waals surface area contributed by atoms with Crippen molar-refractivity contribution in [1.29, 1.82) is 0 Å². The van der Waals surface area contributed by atoms with E-state index in [1.165, 1.54) is 25.3 Å². The van der Waals surface area contributed by atoms with Crippen LogP contribution in [0.1, 0.15) is 22.3 Å². The van der Waals surface area contributed by atoms with E-state index in [4.69, 9.17) is 0 Å². The van der Waals surface area contributed by atoms with Crippen molar-refractivity contribution in [1.82, 2.24) is 0 Å². The third-order valence-electron chi connectivity index (χ3n) is 3.50. The zero-order valence-corrected chi connectivity index (χ0v) is 13.9. The van der Waals surface area contributed by atoms with Gasteiger partial charge in [0.05, 0.1) is 23.9 Å². The smallest absolute Gasteiger partial charge is 0.416 e. The highest BCUT2D eigenvalue weighted by Gasteiger charge is 2.29. The van der Waals surface area contributed by atoms with Gasteiger partial charge in [0.15, 0.2) is 0 Å². The number of anilines is 2. The molecule has 0 saturated carbocycles. The average molecular weight is 366 g/mol. The summed E-state index contributed by atoms with van der Waals surface area (Å²) in [6.45, 7) is 0.220. The minimum Gasteiger partial charge on any atom is -0.465 e. The summed E-state index contributed by atoms with van der Waals surface area (Å²) in [7, 11) is 1.24. The summed E-state index contributed by atoms with van der Waals surface area (Å²) in [5.74, 6) is -0.912. The topological polar surface area (TPSA) is 67.4 Å². The van der Waals surface area contributed by atoms with Crippen molar-refractivity contribution in [3.63, 3.8) is 0 Å². The molecule has 26 heavy (non-hydrogen) atoms. The Morgan fingerprint density at radius 3 is 2.31 bits per heavy atom. The van der Waals surface area contributed by atoms with Crippen LogP contribution in [0.5, 0.6) is 0 Å². The van der Waals surface area contributed by atoms with Crippen LogP contribution >= 0.6 is 0 Å². The summed E-state index contributed by atoms with van der Waals surface area (Å²) in [4.78, 5) is 23.6. The van der Waals surface area contributed by atoms with Gasteiger partial charge in [-0.25, -0.2) is 4.79 Å². The highest BCUT2D eigenvalue weighted by molar-refractivity contribution is 6.01. The van der Waals surface area contributed by atoms with Crippen molar-refractivity contribution in [3.05, 3.63) is 59.7 Å². The van der Waals surface area contributed by atoms with Crippen molar-refractivity contribution in [3.8, 4) is 0 Å². The number of ether oxygens (including phenoxy) is 1. The van der Waals surface area contributed by atoms with Crippen LogP contribution < -0.4 is 10.6 Å². The van der Waals surface area contributed by atoms with Gasteiger partial charge in [0.2, 0.25) is 5.91 Å². The Balaban J connectivity index is 1.87. The number of amides is 1. The summed E-state index contributed by atoms with van der Waals surface area (Å²) in [6, 6.07) is 11.0. The maximum atomic E-state index is 12.5. The highest BCUT2D eigenvalue weighted by Crippen LogP contribution is 2.29. The number of hydrogen-bond acceptors (Lipinski definition) is 4. The number of benzene rings is 2. The van der Waals surface area contributed by atoms with Gasteiger partial charge in [0.1, 0.15) is 0 Å². The Bertz CT molecular complexity index is 774. The van der Waals surface area contributed by atoms with Gasteiger partial charge in [-0.15, -0.1) is 0 Å². The second-order valence-corrected chi connectivity index (χ2v) is 5.34. The van der Waals surface area contributed by atoms with Crippen molar-refractivity contribution < 1.29 is 27.5 Å². The van der Waals surface area contributed by atoms with E-state index in [9.17, 15) is 22.8 Å². The van der Waals surface area contributed by atoms with E-state index in [2.05, 4.69) is 15.4 Å². The molecule has 2 aromatic carbocycles. The molecule has 0 aromatic heterocycles. The monoisotopic (exact) mass is 366 g/mol. The van der Waals surface area contributed by atoms with Crippen molar-refractivity contribution in [2.45, 2.75) is 12.6 Å². The lowest BCUT2D eigenvalue weighted by molar-refractivity contribution is -0.137. The van der Waals surface area contributed by atoms with E-state index in [0.717, 1.165) is 12.1 Å². The zero-order valence-electron chi connectivity index (χ0n) is 13.9. The van der Waals surface area contributed by atoms with E-state index in [-0.39, 0.29) is 24.4 Å². The Morgan fingerprint density at radius 2 is 1.69 bits per heavy atom. The van der Waals surface area contributed by atoms with Crippen LogP contribution in [-0.2, 0) is 15.7 Å². The van der Waals surface area contributed by atoms with Gasteiger partial charge in [0.25, 0.3) is 0 Å². The summed E-state index contributed by atoms with van der Waals surface area (Å²) < 4.78 is 42.1. The molecule has 2 aromatic rings. The number of halogens is 3. The number of nitrogens with one attached hydrogen (secondary N) is 2. The lowest BCUT2D eigenvalue weighted by atomic mass is 10.1. The molecule has 0 unspecified atom stereocenters. The predicted molar refractivity (Wildman–Crippen MR) is 91.0 cm³/mol. The zero-order chi connectivity index (χ0) is 19.2. The first-order valence-corrected chi connectivity index (χ1v) is 7.69. The Labute approximate surface area is 148 Å². The third kappa shape index (κ3) is 5.23. The number of para-hydroxylation sites is 1. The number of alkyl halides is 3. The van der Waals surface area contributed by atoms with Crippen molar-refractivity contribution in [2.24, 2.45) is 0 Å². The fourth-order valence-electron chi connectivity index (χ4n) is 2.19. The first-order valence-electron chi connectivity index (χ1n) is 7.69. The minimum absolute atomic E-state index is 0.0660. The van der Waals surface area contributed by atoms with Gasteiger partial charge < -0.3 is 15.4 Å². The normalized spacial score (nSPS) is 10.9. The largest absolute Gasteiger partial charge is 0.465 e. The molecular formula is C18H17F3N2O3. The molecule has 0 aliphatic carbocycles. The highest BCUT2D eigenvalue weighted by atomic mass is 19.4. The van der Waals surface area contributed by atoms with Crippen LogP contribution in [0.3, 0.4) is 0 Å². The number of carbonyl (C=O) groups is 2. The molecule has 0 aliphatic rings. The average Bonchev–Trinajstić information content (AvgIpc) is 2.61. The van der Waals surface area contributed by atoms with E-state index in [1.807, 2.05) is 0 Å². The standard InChI is InChI=1S/C18H17F3N2O3/c1-26-17(25)14-4-2-3-5-15(14)23-16(24)10-11-22-13-8-6-12(7-9-13)18(19,20)21/h2-9,22H,10-11H2,1H3,(H,23,24). The number of carbonyl (C=O) groups excluding carboxylic acids is 2. The third-order valence-corrected chi connectivity index (χ3v) is 3.50. The molecule has 0 aliphatic heterocycles. The van der Waals surface area contributed by atoms with Crippen LogP contribution in [0.2, 0.25) is 0 Å². The second kappa shape index (κ2) is 8.37. The lowest BCUT2D eigenvalue weighted by Crippen LogP contribution is -2.18. The molecule has 0 bridgehead atoms. The van der Waals surface area contributed by atoms with Crippen molar-refractivity contribution >= 4 is 23.3 Å². The van der Waals surface area contributed by atoms with Crippen LogP contribution in [0.4, 0.5) is 24.5 Å². The quantitative estimate of drug-likeness (QED) is 0.760. The SMILES string of the molecule is COC(=O)c1ccccc1NC(=O)CCNc1ccc(C(F)(F)F)cc1. The number of methoxy groups -OCH3 is 1. The summed E-state index contributed by atoms with van der Waals surface area (Å²) in [5, 5.41) is 5.48. The Hall–Kier alpha value is -3.03. The Kier molecular flexibility index (Phi) is 6.21. The van der Waals surface area contributed by atoms with Gasteiger partial charge in [-0.3, -0.25) is 4.79 Å². The molecule has 1 amide bonds. The van der Waals surface area contributed by atoms with Gasteiger partial charge >= 0.3 is 12.1 Å². The molecule has 2 rings (SSSR count). The number of esters is 1. The Morgan fingerprint density at radius 1 is 1.04 bits per heavy atom. The van der Waals surface area contributed by atoms with E-state index in [0.29, 0.717) is 11.4 Å². The van der Waals surface area contributed by atoms with E-state index < -0.39 is 17.7 Å². The molecule has 0 heterocycles. The molecular weight excluding hydrogens is 349 g/mol. The molecule has 0 atom stereocenters. The van der Waals surface area contributed by atoms with E-state index in [1.54, 1.807) is 18.2 Å². The summed E-state index contributed by atoms with van der Waals surface area (Å²) >= 11 is 0. The molecule has 0 saturated heterocycles. The fourth-order valence-corrected chi connectivity index (χ4v) is 2.19. The predicted octanol–water partition coefficient (Wildman–Crippen LogP) is 3.93. The number of hydrogen-bond donors (Lipinski definition) is 2. The maximum Gasteiger partial charge on any atom is 0.416 e. The number of rotatable bonds is 6. The van der Waals surface area contributed by atoms with E-state index >= 15 is 0 Å². The fraction of sp³-hybridized carbons (Fsp3) is 0.222. The molecule has 5 nitrogen and oxygen atoms in total. The molecule has 0 fully saturated rings. The maximum absolute atomic E-state index is 12.5. The first kappa shape index (κ1) is 19.3.